The lowest BCUT2D eigenvalue weighted by atomic mass is 10.1. The molecule has 0 saturated heterocycles. The first-order valence-corrected chi connectivity index (χ1v) is 9.98. The Morgan fingerprint density at radius 1 is 0.912 bits per heavy atom. The summed E-state index contributed by atoms with van der Waals surface area (Å²) in [6.07, 6.45) is 1.19. The topological polar surface area (TPSA) is 79.8 Å². The van der Waals surface area contributed by atoms with Crippen molar-refractivity contribution in [1.29, 1.82) is 0 Å². The molecule has 0 aliphatic rings. The molecule has 2 aromatic heterocycles. The number of hydrogen-bond donors (Lipinski definition) is 2. The zero-order valence-corrected chi connectivity index (χ0v) is 17.7. The van der Waals surface area contributed by atoms with Gasteiger partial charge in [0.05, 0.1) is 11.3 Å². The van der Waals surface area contributed by atoms with E-state index in [0.29, 0.717) is 28.9 Å². The fraction of sp³-hybridized carbons (Fsp3) is 0.0833. The second-order valence-electron chi connectivity index (χ2n) is 7.37. The van der Waals surface area contributed by atoms with Gasteiger partial charge in [-0.1, -0.05) is 18.2 Å². The predicted octanol–water partition coefficient (Wildman–Crippen LogP) is 6.00. The maximum atomic E-state index is 13.8. The maximum absolute atomic E-state index is 13.8. The molecule has 0 aliphatic heterocycles. The van der Waals surface area contributed by atoms with Crippen molar-refractivity contribution in [3.63, 3.8) is 0 Å². The van der Waals surface area contributed by atoms with Crippen molar-refractivity contribution in [2.75, 3.05) is 10.6 Å². The number of benzene rings is 2. The fourth-order valence-corrected chi connectivity index (χ4v) is 3.19. The Hall–Kier alpha value is -4.34. The highest BCUT2D eigenvalue weighted by atomic mass is 19.4. The normalized spacial score (nSPS) is 11.2. The van der Waals surface area contributed by atoms with Gasteiger partial charge in [-0.05, 0) is 42.8 Å². The molecule has 2 N–H and O–H groups in total. The van der Waals surface area contributed by atoms with E-state index in [1.165, 1.54) is 6.33 Å². The summed E-state index contributed by atoms with van der Waals surface area (Å²) in [5, 5.41) is 5.66. The van der Waals surface area contributed by atoms with Gasteiger partial charge in [-0.15, -0.1) is 0 Å². The van der Waals surface area contributed by atoms with Crippen molar-refractivity contribution in [2.24, 2.45) is 0 Å². The zero-order valence-electron chi connectivity index (χ0n) is 17.7. The lowest BCUT2D eigenvalue weighted by molar-refractivity contribution is -0.137. The van der Waals surface area contributed by atoms with Gasteiger partial charge in [0.15, 0.2) is 5.82 Å². The zero-order chi connectivity index (χ0) is 24.3. The number of amides is 1. The molecule has 6 nitrogen and oxygen atoms in total. The molecule has 10 heteroatoms. The molecular weight excluding hydrogens is 450 g/mol. The van der Waals surface area contributed by atoms with E-state index in [1.807, 2.05) is 31.2 Å². The van der Waals surface area contributed by atoms with Crippen molar-refractivity contribution in [1.82, 2.24) is 15.0 Å². The SMILES string of the molecule is Cc1ccccc1Nc1ncc(-c2cncnc2)cc1NC(=O)c1cc(F)cc(C(F)(F)F)c1. The van der Waals surface area contributed by atoms with Crippen LogP contribution in [0.1, 0.15) is 21.5 Å². The molecule has 0 radical (unpaired) electrons. The van der Waals surface area contributed by atoms with Crippen molar-refractivity contribution in [2.45, 2.75) is 13.1 Å². The van der Waals surface area contributed by atoms with Crippen molar-refractivity contribution < 1.29 is 22.4 Å². The Morgan fingerprint density at radius 2 is 1.65 bits per heavy atom. The molecule has 4 aromatic rings. The molecular formula is C24H17F4N5O. The molecule has 2 aromatic carbocycles. The third-order valence-corrected chi connectivity index (χ3v) is 4.92. The van der Waals surface area contributed by atoms with Crippen LogP contribution in [0.5, 0.6) is 0 Å². The molecule has 0 unspecified atom stereocenters. The number of rotatable bonds is 5. The van der Waals surface area contributed by atoms with E-state index in [1.54, 1.807) is 24.7 Å². The molecule has 1 amide bonds. The summed E-state index contributed by atoms with van der Waals surface area (Å²) in [4.78, 5) is 25.1. The second kappa shape index (κ2) is 9.26. The van der Waals surface area contributed by atoms with E-state index in [2.05, 4.69) is 25.6 Å². The maximum Gasteiger partial charge on any atom is 0.416 e. The third kappa shape index (κ3) is 5.17. The van der Waals surface area contributed by atoms with E-state index in [9.17, 15) is 22.4 Å². The van der Waals surface area contributed by atoms with E-state index in [-0.39, 0.29) is 11.5 Å². The van der Waals surface area contributed by atoms with E-state index < -0.39 is 29.0 Å². The predicted molar refractivity (Wildman–Crippen MR) is 119 cm³/mol. The molecule has 2 heterocycles. The first-order chi connectivity index (χ1) is 16.2. The molecule has 0 fully saturated rings. The molecule has 0 aliphatic carbocycles. The summed E-state index contributed by atoms with van der Waals surface area (Å²) in [5.74, 6) is -1.86. The van der Waals surface area contributed by atoms with Crippen LogP contribution >= 0.6 is 0 Å². The third-order valence-electron chi connectivity index (χ3n) is 4.92. The van der Waals surface area contributed by atoms with Crippen LogP contribution in [0.4, 0.5) is 34.8 Å². The lowest BCUT2D eigenvalue weighted by Gasteiger charge is -2.16. The fourth-order valence-electron chi connectivity index (χ4n) is 3.19. The Balaban J connectivity index is 1.73. The summed E-state index contributed by atoms with van der Waals surface area (Å²) in [6.45, 7) is 1.88. The summed E-state index contributed by atoms with van der Waals surface area (Å²) in [5.41, 5.74) is 1.22. The number of nitrogens with zero attached hydrogens (tertiary/aromatic N) is 3. The number of anilines is 3. The monoisotopic (exact) mass is 467 g/mol. The van der Waals surface area contributed by atoms with Crippen LogP contribution in [0.3, 0.4) is 0 Å². The minimum absolute atomic E-state index is 0.174. The number of hydrogen-bond acceptors (Lipinski definition) is 5. The van der Waals surface area contributed by atoms with Gasteiger partial charge in [0, 0.05) is 41.0 Å². The van der Waals surface area contributed by atoms with Crippen molar-refractivity contribution >= 4 is 23.1 Å². The number of aromatic nitrogens is 3. The van der Waals surface area contributed by atoms with Gasteiger partial charge in [-0.3, -0.25) is 4.79 Å². The van der Waals surface area contributed by atoms with Gasteiger partial charge in [-0.2, -0.15) is 13.2 Å². The molecule has 0 atom stereocenters. The van der Waals surface area contributed by atoms with Crippen LogP contribution in [0, 0.1) is 12.7 Å². The quantitative estimate of drug-likeness (QED) is 0.352. The number of carbonyl (C=O) groups is 1. The van der Waals surface area contributed by atoms with Crippen molar-refractivity contribution in [3.8, 4) is 11.1 Å². The Labute approximate surface area is 191 Å². The van der Waals surface area contributed by atoms with Gasteiger partial charge in [-0.25, -0.2) is 19.3 Å². The number of nitrogens with one attached hydrogen (secondary N) is 2. The molecule has 4 rings (SSSR count). The van der Waals surface area contributed by atoms with Crippen LogP contribution in [0.25, 0.3) is 11.1 Å². The van der Waals surface area contributed by atoms with Gasteiger partial charge in [0.25, 0.3) is 5.91 Å². The molecule has 0 saturated carbocycles. The average molecular weight is 467 g/mol. The Bertz CT molecular complexity index is 1340. The van der Waals surface area contributed by atoms with Gasteiger partial charge in [0.1, 0.15) is 12.1 Å². The highest BCUT2D eigenvalue weighted by Gasteiger charge is 2.32. The molecule has 34 heavy (non-hydrogen) atoms. The van der Waals surface area contributed by atoms with E-state index >= 15 is 0 Å². The van der Waals surface area contributed by atoms with Crippen LogP contribution in [-0.4, -0.2) is 20.9 Å². The summed E-state index contributed by atoms with van der Waals surface area (Å²) in [6, 6.07) is 10.6. The number of para-hydroxylation sites is 1. The molecule has 0 bridgehead atoms. The molecule has 172 valence electrons. The Kier molecular flexibility index (Phi) is 6.22. The van der Waals surface area contributed by atoms with Crippen LogP contribution in [0.2, 0.25) is 0 Å². The Morgan fingerprint density at radius 3 is 2.35 bits per heavy atom. The minimum Gasteiger partial charge on any atom is -0.338 e. The van der Waals surface area contributed by atoms with Gasteiger partial charge < -0.3 is 10.6 Å². The van der Waals surface area contributed by atoms with Crippen LogP contribution in [-0.2, 0) is 6.18 Å². The minimum atomic E-state index is -4.80. The van der Waals surface area contributed by atoms with Crippen LogP contribution < -0.4 is 10.6 Å². The van der Waals surface area contributed by atoms with Crippen molar-refractivity contribution in [3.05, 3.63) is 96.0 Å². The standard InChI is InChI=1S/C24H17F4N5O/c1-14-4-2-3-5-20(14)32-22-21(8-16(12-31-22)17-10-29-13-30-11-17)33-23(34)15-6-18(24(26,27)28)9-19(25)7-15/h2-13H,1H3,(H,31,32)(H,33,34). The van der Waals surface area contributed by atoms with Gasteiger partial charge in [0.2, 0.25) is 0 Å². The summed E-state index contributed by atoms with van der Waals surface area (Å²) in [7, 11) is 0. The van der Waals surface area contributed by atoms with Gasteiger partial charge >= 0.3 is 6.18 Å². The number of pyridine rings is 1. The number of halogens is 4. The number of carbonyl (C=O) groups excluding carboxylic acids is 1. The largest absolute Gasteiger partial charge is 0.416 e. The summed E-state index contributed by atoms with van der Waals surface area (Å²) < 4.78 is 53.1. The molecule has 0 spiro atoms. The summed E-state index contributed by atoms with van der Waals surface area (Å²) >= 11 is 0. The van der Waals surface area contributed by atoms with E-state index in [0.717, 1.165) is 11.6 Å². The average Bonchev–Trinajstić information content (AvgIpc) is 2.81. The first-order valence-electron chi connectivity index (χ1n) is 9.98. The number of alkyl halides is 3. The van der Waals surface area contributed by atoms with E-state index in [4.69, 9.17) is 0 Å². The highest BCUT2D eigenvalue weighted by Crippen LogP contribution is 2.32. The number of aryl methyl sites for hydroxylation is 1. The smallest absolute Gasteiger partial charge is 0.338 e. The lowest BCUT2D eigenvalue weighted by Crippen LogP contribution is -2.16. The van der Waals surface area contributed by atoms with Crippen LogP contribution in [0.15, 0.2) is 73.4 Å². The highest BCUT2D eigenvalue weighted by molar-refractivity contribution is 6.06. The first kappa shape index (κ1) is 22.8. The second-order valence-corrected chi connectivity index (χ2v) is 7.37.